The highest BCUT2D eigenvalue weighted by atomic mass is 14.7. The minimum absolute atomic E-state index is 1.06. The normalized spacial score (nSPS) is 11.5. The molecule has 1 heteroatoms. The van der Waals surface area contributed by atoms with Crippen molar-refractivity contribution >= 4 is 6.21 Å². The summed E-state index contributed by atoms with van der Waals surface area (Å²) in [5, 5.41) is 0. The smallest absolute Gasteiger partial charge is 0.0385 e. The number of hydrogen-bond donors (Lipinski definition) is 0. The van der Waals surface area contributed by atoms with Gasteiger partial charge in [-0.3, -0.25) is 4.99 Å². The van der Waals surface area contributed by atoms with Gasteiger partial charge in [-0.1, -0.05) is 84.5 Å². The highest BCUT2D eigenvalue weighted by molar-refractivity contribution is 5.56. The molecular weight excluding hydrogens is 230 g/mol. The summed E-state index contributed by atoms with van der Waals surface area (Å²) in [5.74, 6) is 0. The van der Waals surface area contributed by atoms with Gasteiger partial charge in [0.1, 0.15) is 0 Å². The van der Waals surface area contributed by atoms with Crippen LogP contribution >= 0.6 is 0 Å². The molecule has 114 valence electrons. The second-order valence-electron chi connectivity index (χ2n) is 5.77. The van der Waals surface area contributed by atoms with E-state index < -0.39 is 0 Å². The van der Waals surface area contributed by atoms with E-state index in [1.165, 1.54) is 89.9 Å². The Bertz CT molecular complexity index is 175. The van der Waals surface area contributed by atoms with Gasteiger partial charge in [0, 0.05) is 6.54 Å². The van der Waals surface area contributed by atoms with Crippen LogP contribution in [0.5, 0.6) is 0 Å². The second-order valence-corrected chi connectivity index (χ2v) is 5.77. The van der Waals surface area contributed by atoms with Crippen molar-refractivity contribution in [1.29, 1.82) is 0 Å². The van der Waals surface area contributed by atoms with Crippen LogP contribution < -0.4 is 0 Å². The lowest BCUT2D eigenvalue weighted by Crippen LogP contribution is -1.85. The van der Waals surface area contributed by atoms with Crippen molar-refractivity contribution in [1.82, 2.24) is 0 Å². The second kappa shape index (κ2) is 17.7. The Morgan fingerprint density at radius 2 is 1.05 bits per heavy atom. The van der Waals surface area contributed by atoms with E-state index in [0.29, 0.717) is 0 Å². The molecule has 0 aliphatic heterocycles. The zero-order valence-corrected chi connectivity index (χ0v) is 13.6. The van der Waals surface area contributed by atoms with Crippen LogP contribution in [0.2, 0.25) is 0 Å². The van der Waals surface area contributed by atoms with Crippen LogP contribution in [-0.2, 0) is 0 Å². The van der Waals surface area contributed by atoms with Gasteiger partial charge in [-0.25, -0.2) is 0 Å². The summed E-state index contributed by atoms with van der Waals surface area (Å²) in [6.45, 7) is 5.60. The van der Waals surface area contributed by atoms with Crippen molar-refractivity contribution in [3.63, 3.8) is 0 Å². The number of unbranched alkanes of at least 4 members (excludes halogenated alkanes) is 12. The highest BCUT2D eigenvalue weighted by Crippen LogP contribution is 2.09. The summed E-state index contributed by atoms with van der Waals surface area (Å²) >= 11 is 0. The molecular formula is C18H37N. The Morgan fingerprint density at radius 1 is 0.579 bits per heavy atom. The Hall–Kier alpha value is -0.330. The van der Waals surface area contributed by atoms with Gasteiger partial charge in [0.05, 0.1) is 0 Å². The molecule has 0 saturated heterocycles. The van der Waals surface area contributed by atoms with Gasteiger partial charge in [0.15, 0.2) is 0 Å². The monoisotopic (exact) mass is 267 g/mol. The Labute approximate surface area is 122 Å². The molecule has 19 heavy (non-hydrogen) atoms. The van der Waals surface area contributed by atoms with E-state index in [9.17, 15) is 0 Å². The average Bonchev–Trinajstić information content (AvgIpc) is 2.43. The Kier molecular flexibility index (Phi) is 17.4. The predicted molar refractivity (Wildman–Crippen MR) is 89.3 cm³/mol. The van der Waals surface area contributed by atoms with E-state index in [4.69, 9.17) is 0 Å². The van der Waals surface area contributed by atoms with Gasteiger partial charge in [0.2, 0.25) is 0 Å². The third kappa shape index (κ3) is 17.7. The minimum Gasteiger partial charge on any atom is -0.298 e. The van der Waals surface area contributed by atoms with Crippen molar-refractivity contribution in [2.45, 2.75) is 104 Å². The van der Waals surface area contributed by atoms with Gasteiger partial charge in [-0.2, -0.15) is 0 Å². The fourth-order valence-electron chi connectivity index (χ4n) is 2.36. The van der Waals surface area contributed by atoms with Gasteiger partial charge in [-0.15, -0.1) is 0 Å². The maximum Gasteiger partial charge on any atom is 0.0385 e. The summed E-state index contributed by atoms with van der Waals surface area (Å²) in [6.07, 6.45) is 21.4. The molecule has 0 saturated carbocycles. The summed E-state index contributed by atoms with van der Waals surface area (Å²) in [6, 6.07) is 0. The fourth-order valence-corrected chi connectivity index (χ4v) is 2.36. The van der Waals surface area contributed by atoms with Crippen molar-refractivity contribution < 1.29 is 0 Å². The number of aliphatic imine (C=N–C) groups is 1. The van der Waals surface area contributed by atoms with Gasteiger partial charge < -0.3 is 0 Å². The van der Waals surface area contributed by atoms with Crippen molar-refractivity contribution in [2.75, 3.05) is 6.54 Å². The number of rotatable bonds is 15. The van der Waals surface area contributed by atoms with Crippen LogP contribution in [0.4, 0.5) is 0 Å². The molecule has 0 unspecified atom stereocenters. The summed E-state index contributed by atoms with van der Waals surface area (Å²) in [7, 11) is 0. The molecule has 0 aliphatic rings. The predicted octanol–water partition coefficient (Wildman–Crippen LogP) is 6.56. The van der Waals surface area contributed by atoms with E-state index in [0.717, 1.165) is 6.54 Å². The summed E-state index contributed by atoms with van der Waals surface area (Å²) < 4.78 is 0. The lowest BCUT2D eigenvalue weighted by Gasteiger charge is -2.00. The summed E-state index contributed by atoms with van der Waals surface area (Å²) in [4.78, 5) is 4.50. The van der Waals surface area contributed by atoms with E-state index in [2.05, 4.69) is 25.1 Å². The number of nitrogens with zero attached hydrogens (tertiary/aromatic N) is 1. The SMILES string of the molecule is CCCCCCC=NCCCCCCCCCCC. The van der Waals surface area contributed by atoms with Crippen LogP contribution in [0.1, 0.15) is 104 Å². The fraction of sp³-hybridized carbons (Fsp3) is 0.944. The maximum atomic E-state index is 4.50. The van der Waals surface area contributed by atoms with Gasteiger partial charge in [0.25, 0.3) is 0 Å². The topological polar surface area (TPSA) is 12.4 Å². The van der Waals surface area contributed by atoms with E-state index >= 15 is 0 Å². The van der Waals surface area contributed by atoms with Crippen LogP contribution in [0.3, 0.4) is 0 Å². The van der Waals surface area contributed by atoms with Gasteiger partial charge in [-0.05, 0) is 25.5 Å². The lowest BCUT2D eigenvalue weighted by atomic mass is 10.1. The van der Waals surface area contributed by atoms with Crippen LogP contribution in [-0.4, -0.2) is 12.8 Å². The van der Waals surface area contributed by atoms with Crippen molar-refractivity contribution in [3.8, 4) is 0 Å². The molecule has 0 aromatic rings. The van der Waals surface area contributed by atoms with Gasteiger partial charge >= 0.3 is 0 Å². The molecule has 0 amide bonds. The molecule has 0 heterocycles. The molecule has 0 aromatic heterocycles. The molecule has 0 aromatic carbocycles. The average molecular weight is 268 g/mol. The lowest BCUT2D eigenvalue weighted by molar-refractivity contribution is 0.567. The van der Waals surface area contributed by atoms with Crippen LogP contribution in [0.15, 0.2) is 4.99 Å². The van der Waals surface area contributed by atoms with Crippen LogP contribution in [0.25, 0.3) is 0 Å². The molecule has 0 N–H and O–H groups in total. The zero-order valence-electron chi connectivity index (χ0n) is 13.6. The third-order valence-electron chi connectivity index (χ3n) is 3.71. The molecule has 0 radical (unpaired) electrons. The molecule has 0 bridgehead atoms. The third-order valence-corrected chi connectivity index (χ3v) is 3.71. The largest absolute Gasteiger partial charge is 0.298 e. The molecule has 0 atom stereocenters. The minimum atomic E-state index is 1.06. The zero-order chi connectivity index (χ0) is 14.0. The first-order valence-electron chi connectivity index (χ1n) is 8.90. The maximum absolute atomic E-state index is 4.50. The molecule has 0 aliphatic carbocycles. The molecule has 0 spiro atoms. The Balaban J connectivity index is 2.99. The quantitative estimate of drug-likeness (QED) is 0.235. The molecule has 1 nitrogen and oxygen atoms in total. The standard InChI is InChI=1S/C18H37N/c1-3-5-7-9-10-11-12-14-16-18-19-17-15-13-8-6-4-2/h17H,3-16,18H2,1-2H3. The molecule has 0 fully saturated rings. The first-order chi connectivity index (χ1) is 9.41. The van der Waals surface area contributed by atoms with Crippen LogP contribution in [0, 0.1) is 0 Å². The van der Waals surface area contributed by atoms with Crippen molar-refractivity contribution in [3.05, 3.63) is 0 Å². The highest BCUT2D eigenvalue weighted by Gasteiger charge is 1.91. The van der Waals surface area contributed by atoms with Crippen molar-refractivity contribution in [2.24, 2.45) is 4.99 Å². The Morgan fingerprint density at radius 3 is 1.63 bits per heavy atom. The first-order valence-corrected chi connectivity index (χ1v) is 8.90. The summed E-state index contributed by atoms with van der Waals surface area (Å²) in [5.41, 5.74) is 0. The first kappa shape index (κ1) is 18.7. The van der Waals surface area contributed by atoms with E-state index in [1.807, 2.05) is 0 Å². The molecule has 0 rings (SSSR count). The van der Waals surface area contributed by atoms with E-state index in [1.54, 1.807) is 0 Å². The van der Waals surface area contributed by atoms with E-state index in [-0.39, 0.29) is 0 Å². The number of hydrogen-bond acceptors (Lipinski definition) is 1.